The van der Waals surface area contributed by atoms with Crippen molar-refractivity contribution in [1.29, 1.82) is 0 Å². The largest absolute Gasteiger partial charge is 0.480 e. The van der Waals surface area contributed by atoms with Crippen molar-refractivity contribution in [3.63, 3.8) is 0 Å². The fraction of sp³-hybridized carbons (Fsp3) is 0.833. The van der Waals surface area contributed by atoms with E-state index in [4.69, 9.17) is 14.6 Å². The predicted octanol–water partition coefficient (Wildman–Crippen LogP) is -0.935. The van der Waals surface area contributed by atoms with Gasteiger partial charge in [0.05, 0.1) is 25.2 Å². The van der Waals surface area contributed by atoms with Gasteiger partial charge in [0.25, 0.3) is 0 Å². The third-order valence-corrected chi connectivity index (χ3v) is 3.61. The van der Waals surface area contributed by atoms with Crippen LogP contribution < -0.4 is 5.32 Å². The summed E-state index contributed by atoms with van der Waals surface area (Å²) in [6, 6.07) is -0.783. The molecule has 3 unspecified atom stereocenters. The summed E-state index contributed by atoms with van der Waals surface area (Å²) in [5.74, 6) is -1.16. The molecule has 0 aromatic rings. The first-order valence-corrected chi connectivity index (χ1v) is 6.49. The number of likely N-dealkylation sites (tertiary alicyclic amines) is 1. The highest BCUT2D eigenvalue weighted by Gasteiger charge is 2.40. The molecule has 7 heteroatoms. The molecule has 0 saturated carbocycles. The van der Waals surface area contributed by atoms with Crippen LogP contribution in [0.1, 0.15) is 12.8 Å². The molecule has 0 bridgehead atoms. The van der Waals surface area contributed by atoms with Gasteiger partial charge in [-0.2, -0.15) is 0 Å². The minimum absolute atomic E-state index is 0.169. The molecular weight excluding hydrogens is 252 g/mol. The fourth-order valence-electron chi connectivity index (χ4n) is 2.54. The minimum atomic E-state index is -0.976. The normalized spacial score (nSPS) is 31.4. The van der Waals surface area contributed by atoms with Crippen molar-refractivity contribution >= 4 is 11.9 Å². The Kier molecular flexibility index (Phi) is 4.73. The van der Waals surface area contributed by atoms with E-state index in [1.165, 1.54) is 12.0 Å². The van der Waals surface area contributed by atoms with Crippen molar-refractivity contribution in [2.75, 3.05) is 33.4 Å². The van der Waals surface area contributed by atoms with Crippen LogP contribution in [0.2, 0.25) is 0 Å². The lowest BCUT2D eigenvalue weighted by Crippen LogP contribution is -2.45. The van der Waals surface area contributed by atoms with E-state index in [-0.39, 0.29) is 24.5 Å². The number of carbonyl (C=O) groups excluding carboxylic acids is 1. The quantitative estimate of drug-likeness (QED) is 0.687. The molecular formula is C12H20N2O5. The second kappa shape index (κ2) is 6.31. The number of amides is 1. The van der Waals surface area contributed by atoms with Crippen molar-refractivity contribution in [2.45, 2.75) is 31.1 Å². The van der Waals surface area contributed by atoms with Gasteiger partial charge in [-0.1, -0.05) is 0 Å². The van der Waals surface area contributed by atoms with Gasteiger partial charge in [-0.25, -0.2) is 4.79 Å². The first-order valence-electron chi connectivity index (χ1n) is 6.49. The number of nitrogens with zero attached hydrogens (tertiary/aromatic N) is 1. The van der Waals surface area contributed by atoms with E-state index in [1.54, 1.807) is 0 Å². The number of morpholine rings is 1. The van der Waals surface area contributed by atoms with Crippen LogP contribution in [0.4, 0.5) is 0 Å². The molecule has 3 atom stereocenters. The third kappa shape index (κ3) is 3.43. The maximum absolute atomic E-state index is 12.2. The minimum Gasteiger partial charge on any atom is -0.480 e. The molecule has 19 heavy (non-hydrogen) atoms. The molecule has 2 saturated heterocycles. The molecule has 0 spiro atoms. The number of aliphatic carboxylic acids is 1. The van der Waals surface area contributed by atoms with Crippen molar-refractivity contribution in [3.8, 4) is 0 Å². The van der Waals surface area contributed by atoms with E-state index in [1.807, 2.05) is 0 Å². The van der Waals surface area contributed by atoms with Crippen LogP contribution in [-0.2, 0) is 19.1 Å². The zero-order chi connectivity index (χ0) is 13.8. The molecule has 7 nitrogen and oxygen atoms in total. The summed E-state index contributed by atoms with van der Waals surface area (Å²) < 4.78 is 10.6. The van der Waals surface area contributed by atoms with E-state index < -0.39 is 12.0 Å². The molecule has 2 fully saturated rings. The standard InChI is InChI=1S/C12H20N2O5/c1-18-9-4-10(12(16)17)14(7-9)11(15)5-8-6-13-2-3-19-8/h8-10,13H,2-7H2,1H3,(H,16,17). The number of hydrogen-bond donors (Lipinski definition) is 2. The predicted molar refractivity (Wildman–Crippen MR) is 65.8 cm³/mol. The lowest BCUT2D eigenvalue weighted by atomic mass is 10.1. The van der Waals surface area contributed by atoms with Gasteiger partial charge in [-0.05, 0) is 0 Å². The molecule has 0 radical (unpaired) electrons. The molecule has 0 aliphatic carbocycles. The Hall–Kier alpha value is -1.18. The fourth-order valence-corrected chi connectivity index (χ4v) is 2.54. The van der Waals surface area contributed by atoms with Gasteiger partial charge in [0.2, 0.25) is 5.91 Å². The van der Waals surface area contributed by atoms with Crippen molar-refractivity contribution in [3.05, 3.63) is 0 Å². The van der Waals surface area contributed by atoms with Crippen LogP contribution in [0.5, 0.6) is 0 Å². The summed E-state index contributed by atoms with van der Waals surface area (Å²) in [6.45, 7) is 2.34. The maximum Gasteiger partial charge on any atom is 0.326 e. The number of carboxylic acid groups (broad SMARTS) is 1. The summed E-state index contributed by atoms with van der Waals surface area (Å²) in [5.41, 5.74) is 0. The Morgan fingerprint density at radius 1 is 1.53 bits per heavy atom. The van der Waals surface area contributed by atoms with Gasteiger partial charge < -0.3 is 24.8 Å². The second-order valence-electron chi connectivity index (χ2n) is 4.89. The summed E-state index contributed by atoms with van der Waals surface area (Å²) in [7, 11) is 1.53. The lowest BCUT2D eigenvalue weighted by Gasteiger charge is -2.27. The molecule has 108 valence electrons. The molecule has 2 rings (SSSR count). The summed E-state index contributed by atoms with van der Waals surface area (Å²) in [5, 5.41) is 12.3. The van der Waals surface area contributed by atoms with Crippen LogP contribution in [0, 0.1) is 0 Å². The second-order valence-corrected chi connectivity index (χ2v) is 4.89. The first kappa shape index (κ1) is 14.2. The van der Waals surface area contributed by atoms with E-state index in [0.717, 1.165) is 6.54 Å². The highest BCUT2D eigenvalue weighted by atomic mass is 16.5. The Balaban J connectivity index is 1.94. The SMILES string of the molecule is COC1CC(C(=O)O)N(C(=O)CC2CNCCO2)C1. The summed E-state index contributed by atoms with van der Waals surface area (Å²) >= 11 is 0. The van der Waals surface area contributed by atoms with E-state index in [2.05, 4.69) is 5.32 Å². The first-order chi connectivity index (χ1) is 9.11. The highest BCUT2D eigenvalue weighted by Crippen LogP contribution is 2.22. The molecule has 2 heterocycles. The van der Waals surface area contributed by atoms with Crippen LogP contribution in [0.3, 0.4) is 0 Å². The van der Waals surface area contributed by atoms with Gasteiger partial charge in [0.15, 0.2) is 0 Å². The van der Waals surface area contributed by atoms with Crippen LogP contribution in [0.15, 0.2) is 0 Å². The Labute approximate surface area is 111 Å². The number of hydrogen-bond acceptors (Lipinski definition) is 5. The third-order valence-electron chi connectivity index (χ3n) is 3.61. The van der Waals surface area contributed by atoms with Crippen molar-refractivity contribution < 1.29 is 24.2 Å². The van der Waals surface area contributed by atoms with E-state index >= 15 is 0 Å². The lowest BCUT2D eigenvalue weighted by molar-refractivity contribution is -0.149. The average molecular weight is 272 g/mol. The van der Waals surface area contributed by atoms with Crippen molar-refractivity contribution in [1.82, 2.24) is 10.2 Å². The van der Waals surface area contributed by atoms with Gasteiger partial charge in [-0.15, -0.1) is 0 Å². The number of ether oxygens (including phenoxy) is 2. The van der Waals surface area contributed by atoms with Gasteiger partial charge in [-0.3, -0.25) is 4.79 Å². The number of nitrogens with one attached hydrogen (secondary N) is 1. The van der Waals surface area contributed by atoms with Crippen LogP contribution in [0.25, 0.3) is 0 Å². The summed E-state index contributed by atoms with van der Waals surface area (Å²) in [6.07, 6.45) is 0.196. The smallest absolute Gasteiger partial charge is 0.326 e. The highest BCUT2D eigenvalue weighted by molar-refractivity contribution is 5.84. The van der Waals surface area contributed by atoms with Gasteiger partial charge in [0.1, 0.15) is 6.04 Å². The number of methoxy groups -OCH3 is 1. The Morgan fingerprint density at radius 2 is 2.32 bits per heavy atom. The van der Waals surface area contributed by atoms with E-state index in [0.29, 0.717) is 26.1 Å². The topological polar surface area (TPSA) is 88.1 Å². The summed E-state index contributed by atoms with van der Waals surface area (Å²) in [4.78, 5) is 24.8. The van der Waals surface area contributed by atoms with Crippen molar-refractivity contribution in [2.24, 2.45) is 0 Å². The van der Waals surface area contributed by atoms with E-state index in [9.17, 15) is 9.59 Å². The van der Waals surface area contributed by atoms with Gasteiger partial charge >= 0.3 is 5.97 Å². The Bertz CT molecular complexity index is 343. The molecule has 2 aliphatic heterocycles. The number of carbonyl (C=O) groups is 2. The zero-order valence-electron chi connectivity index (χ0n) is 11.0. The molecule has 2 N–H and O–H groups in total. The molecule has 0 aromatic heterocycles. The number of carboxylic acids is 1. The van der Waals surface area contributed by atoms with Crippen LogP contribution in [-0.4, -0.2) is 73.5 Å². The van der Waals surface area contributed by atoms with Crippen LogP contribution >= 0.6 is 0 Å². The molecule has 2 aliphatic rings. The average Bonchev–Trinajstić information content (AvgIpc) is 2.84. The maximum atomic E-state index is 12.2. The Morgan fingerprint density at radius 3 is 2.89 bits per heavy atom. The van der Waals surface area contributed by atoms with Gasteiger partial charge in [0, 0.05) is 33.2 Å². The monoisotopic (exact) mass is 272 g/mol. The molecule has 0 aromatic carbocycles. The number of rotatable bonds is 4. The molecule has 1 amide bonds. The zero-order valence-corrected chi connectivity index (χ0v) is 11.0.